The van der Waals surface area contributed by atoms with Crippen LogP contribution in [0.4, 0.5) is 8.78 Å². The van der Waals surface area contributed by atoms with Crippen LogP contribution in [0.2, 0.25) is 0 Å². The molecule has 1 aliphatic rings. The van der Waals surface area contributed by atoms with E-state index in [1.165, 1.54) is 12.1 Å². The second-order valence-corrected chi connectivity index (χ2v) is 6.65. The Kier molecular flexibility index (Phi) is 7.26. The topological polar surface area (TPSA) is 52.6 Å². The van der Waals surface area contributed by atoms with E-state index in [0.717, 1.165) is 38.9 Å². The van der Waals surface area contributed by atoms with Crippen molar-refractivity contribution in [3.8, 4) is 0 Å². The van der Waals surface area contributed by atoms with Gasteiger partial charge >= 0.3 is 0 Å². The molecule has 1 aliphatic heterocycles. The quantitative estimate of drug-likeness (QED) is 0.590. The number of amides is 1. The number of rotatable bonds is 7. The van der Waals surface area contributed by atoms with Gasteiger partial charge in [0.15, 0.2) is 0 Å². The standard InChI is InChI=1S/C16H22F2N2O2S/c17-16(18)23-14-4-2-12(3-5-14)15(22)19-8-1-9-20-10-6-13(21)7-11-20/h2-5,13,16,21H,1,6-11H2,(H,19,22). The zero-order valence-corrected chi connectivity index (χ0v) is 13.7. The summed E-state index contributed by atoms with van der Waals surface area (Å²) in [6, 6.07) is 6.19. The zero-order chi connectivity index (χ0) is 16.7. The molecule has 1 amide bonds. The summed E-state index contributed by atoms with van der Waals surface area (Å²) in [5.74, 6) is -2.64. The van der Waals surface area contributed by atoms with Gasteiger partial charge in [0.05, 0.1) is 6.10 Å². The third-order valence-corrected chi connectivity index (χ3v) is 4.56. The van der Waals surface area contributed by atoms with E-state index in [4.69, 9.17) is 0 Å². The minimum atomic E-state index is -2.45. The highest BCUT2D eigenvalue weighted by Crippen LogP contribution is 2.25. The van der Waals surface area contributed by atoms with Crippen LogP contribution < -0.4 is 5.32 Å². The number of hydrogen-bond acceptors (Lipinski definition) is 4. The first kappa shape index (κ1) is 18.2. The summed E-state index contributed by atoms with van der Waals surface area (Å²) in [5.41, 5.74) is 0.477. The molecule has 0 aliphatic carbocycles. The van der Waals surface area contributed by atoms with E-state index in [2.05, 4.69) is 10.2 Å². The van der Waals surface area contributed by atoms with Crippen LogP contribution in [0.1, 0.15) is 29.6 Å². The number of thioether (sulfide) groups is 1. The predicted octanol–water partition coefficient (Wildman–Crippen LogP) is 2.58. The van der Waals surface area contributed by atoms with Crippen molar-refractivity contribution in [1.82, 2.24) is 10.2 Å². The predicted molar refractivity (Wildman–Crippen MR) is 86.9 cm³/mol. The van der Waals surface area contributed by atoms with Gasteiger partial charge in [-0.05, 0) is 50.1 Å². The first-order valence-corrected chi connectivity index (χ1v) is 8.66. The highest BCUT2D eigenvalue weighted by molar-refractivity contribution is 7.99. The molecular weight excluding hydrogens is 322 g/mol. The lowest BCUT2D eigenvalue weighted by molar-refractivity contribution is 0.0816. The molecule has 1 fully saturated rings. The Hall–Kier alpha value is -1.18. The second-order valence-electron chi connectivity index (χ2n) is 5.59. The molecule has 23 heavy (non-hydrogen) atoms. The van der Waals surface area contributed by atoms with Gasteiger partial charge in [0.1, 0.15) is 0 Å². The Morgan fingerprint density at radius 2 is 1.96 bits per heavy atom. The summed E-state index contributed by atoms with van der Waals surface area (Å²) in [6.07, 6.45) is 2.31. The molecule has 0 atom stereocenters. The fraction of sp³-hybridized carbons (Fsp3) is 0.562. The van der Waals surface area contributed by atoms with Crippen molar-refractivity contribution in [2.24, 2.45) is 0 Å². The van der Waals surface area contributed by atoms with Crippen molar-refractivity contribution < 1.29 is 18.7 Å². The van der Waals surface area contributed by atoms with Crippen LogP contribution in [0.5, 0.6) is 0 Å². The molecule has 128 valence electrons. The maximum Gasteiger partial charge on any atom is 0.288 e. The normalized spacial score (nSPS) is 16.7. The molecule has 0 aromatic heterocycles. The molecule has 0 bridgehead atoms. The SMILES string of the molecule is O=C(NCCCN1CCC(O)CC1)c1ccc(SC(F)F)cc1. The molecule has 0 radical (unpaired) electrons. The number of piperidine rings is 1. The molecule has 0 unspecified atom stereocenters. The number of halogens is 2. The molecule has 1 heterocycles. The van der Waals surface area contributed by atoms with E-state index < -0.39 is 5.76 Å². The van der Waals surface area contributed by atoms with Crippen LogP contribution in [0.25, 0.3) is 0 Å². The molecular formula is C16H22F2N2O2S. The number of likely N-dealkylation sites (tertiary alicyclic amines) is 1. The summed E-state index contributed by atoms with van der Waals surface area (Å²) in [5, 5.41) is 12.3. The van der Waals surface area contributed by atoms with Crippen LogP contribution in [0.15, 0.2) is 29.2 Å². The zero-order valence-electron chi connectivity index (χ0n) is 12.9. The summed E-state index contributed by atoms with van der Waals surface area (Å²) in [4.78, 5) is 14.7. The van der Waals surface area contributed by atoms with Crippen LogP contribution >= 0.6 is 11.8 Å². The lowest BCUT2D eigenvalue weighted by atomic mass is 10.1. The Morgan fingerprint density at radius 3 is 2.57 bits per heavy atom. The minimum Gasteiger partial charge on any atom is -0.393 e. The van der Waals surface area contributed by atoms with Crippen molar-refractivity contribution >= 4 is 17.7 Å². The maximum atomic E-state index is 12.2. The van der Waals surface area contributed by atoms with Gasteiger partial charge in [-0.1, -0.05) is 11.8 Å². The Morgan fingerprint density at radius 1 is 1.30 bits per heavy atom. The number of carbonyl (C=O) groups excluding carboxylic acids is 1. The molecule has 2 N–H and O–H groups in total. The van der Waals surface area contributed by atoms with Crippen LogP contribution in [0.3, 0.4) is 0 Å². The molecule has 0 spiro atoms. The third-order valence-electron chi connectivity index (χ3n) is 3.84. The van der Waals surface area contributed by atoms with Gasteiger partial charge in [-0.2, -0.15) is 8.78 Å². The van der Waals surface area contributed by atoms with Crippen molar-refractivity contribution in [3.05, 3.63) is 29.8 Å². The molecule has 2 rings (SSSR count). The van der Waals surface area contributed by atoms with Gasteiger partial charge in [0.25, 0.3) is 11.7 Å². The minimum absolute atomic E-state index is 0.169. The average Bonchev–Trinajstić information content (AvgIpc) is 2.53. The number of carbonyl (C=O) groups is 1. The highest BCUT2D eigenvalue weighted by Gasteiger charge is 2.16. The second kappa shape index (κ2) is 9.20. The number of aliphatic hydroxyl groups excluding tert-OH is 1. The highest BCUT2D eigenvalue weighted by atomic mass is 32.2. The number of alkyl halides is 2. The largest absolute Gasteiger partial charge is 0.393 e. The third kappa shape index (κ3) is 6.45. The fourth-order valence-electron chi connectivity index (χ4n) is 2.54. The molecule has 4 nitrogen and oxygen atoms in total. The van der Waals surface area contributed by atoms with Crippen molar-refractivity contribution in [2.75, 3.05) is 26.2 Å². The Labute approximate surface area is 139 Å². The number of benzene rings is 1. The van der Waals surface area contributed by atoms with Crippen LogP contribution in [-0.4, -0.2) is 54.0 Å². The van der Waals surface area contributed by atoms with Gasteiger partial charge in [-0.15, -0.1) is 0 Å². The fourth-order valence-corrected chi connectivity index (χ4v) is 3.04. The first-order chi connectivity index (χ1) is 11.0. The van der Waals surface area contributed by atoms with E-state index in [1.807, 2.05) is 0 Å². The van der Waals surface area contributed by atoms with Crippen LogP contribution in [-0.2, 0) is 0 Å². The lowest BCUT2D eigenvalue weighted by Crippen LogP contribution is -2.37. The monoisotopic (exact) mass is 344 g/mol. The maximum absolute atomic E-state index is 12.2. The van der Waals surface area contributed by atoms with Gasteiger partial charge in [-0.3, -0.25) is 4.79 Å². The van der Waals surface area contributed by atoms with Crippen molar-refractivity contribution in [2.45, 2.75) is 36.0 Å². The van der Waals surface area contributed by atoms with E-state index in [0.29, 0.717) is 28.8 Å². The van der Waals surface area contributed by atoms with Crippen LogP contribution in [0, 0.1) is 0 Å². The van der Waals surface area contributed by atoms with Crippen molar-refractivity contribution in [3.63, 3.8) is 0 Å². The first-order valence-electron chi connectivity index (χ1n) is 7.78. The number of nitrogens with one attached hydrogen (secondary N) is 1. The molecule has 0 saturated carbocycles. The smallest absolute Gasteiger partial charge is 0.288 e. The summed E-state index contributed by atoms with van der Waals surface area (Å²) < 4.78 is 24.5. The number of aliphatic hydroxyl groups is 1. The van der Waals surface area contributed by atoms with Crippen molar-refractivity contribution in [1.29, 1.82) is 0 Å². The Balaban J connectivity index is 1.66. The van der Waals surface area contributed by atoms with Gasteiger partial charge in [0.2, 0.25) is 0 Å². The lowest BCUT2D eigenvalue weighted by Gasteiger charge is -2.29. The molecule has 7 heteroatoms. The number of nitrogens with zero attached hydrogens (tertiary/aromatic N) is 1. The summed E-state index contributed by atoms with van der Waals surface area (Å²) in [6.45, 7) is 3.28. The number of hydrogen-bond donors (Lipinski definition) is 2. The van der Waals surface area contributed by atoms with E-state index >= 15 is 0 Å². The summed E-state index contributed by atoms with van der Waals surface area (Å²) in [7, 11) is 0. The van der Waals surface area contributed by atoms with E-state index in [-0.39, 0.29) is 12.0 Å². The average molecular weight is 344 g/mol. The molecule has 1 aromatic rings. The van der Waals surface area contributed by atoms with Gasteiger partial charge in [-0.25, -0.2) is 0 Å². The van der Waals surface area contributed by atoms with Gasteiger partial charge < -0.3 is 15.3 Å². The van der Waals surface area contributed by atoms with E-state index in [9.17, 15) is 18.7 Å². The summed E-state index contributed by atoms with van der Waals surface area (Å²) >= 11 is 0.468. The molecule has 1 aromatic carbocycles. The van der Waals surface area contributed by atoms with E-state index in [1.54, 1.807) is 12.1 Å². The Bertz CT molecular complexity index is 491. The van der Waals surface area contributed by atoms with Gasteiger partial charge in [0, 0.05) is 30.1 Å². The molecule has 1 saturated heterocycles.